The lowest BCUT2D eigenvalue weighted by molar-refractivity contribution is 0.325. The molecular weight excluding hydrogens is 172 g/mol. The Hall–Kier alpha value is -0.890. The van der Waals surface area contributed by atoms with Gasteiger partial charge in [0.15, 0.2) is 0 Å². The summed E-state index contributed by atoms with van der Waals surface area (Å²) in [7, 11) is 2.22. The first-order valence-electron chi connectivity index (χ1n) is 5.35. The van der Waals surface area contributed by atoms with Crippen LogP contribution in [0.4, 0.5) is 0 Å². The topological polar surface area (TPSA) is 16.1 Å². The van der Waals surface area contributed by atoms with E-state index in [1.54, 1.807) is 0 Å². The highest BCUT2D eigenvalue weighted by Crippen LogP contribution is 2.24. The van der Waals surface area contributed by atoms with Crippen molar-refractivity contribution in [1.82, 2.24) is 9.88 Å². The van der Waals surface area contributed by atoms with E-state index in [0.29, 0.717) is 0 Å². The molecule has 0 radical (unpaired) electrons. The van der Waals surface area contributed by atoms with Gasteiger partial charge in [0.05, 0.1) is 0 Å². The van der Waals surface area contributed by atoms with Crippen molar-refractivity contribution in [2.45, 2.75) is 25.8 Å². The van der Waals surface area contributed by atoms with Crippen molar-refractivity contribution < 1.29 is 0 Å². The van der Waals surface area contributed by atoms with Gasteiger partial charge in [-0.05, 0) is 50.4 Å². The van der Waals surface area contributed by atoms with Crippen molar-refractivity contribution in [3.63, 3.8) is 0 Å². The molecule has 2 heteroatoms. The summed E-state index contributed by atoms with van der Waals surface area (Å²) >= 11 is 0. The second-order valence-corrected chi connectivity index (χ2v) is 4.45. The third-order valence-electron chi connectivity index (χ3n) is 3.25. The molecule has 0 amide bonds. The van der Waals surface area contributed by atoms with E-state index in [1.807, 2.05) is 12.4 Å². The number of aromatic nitrogens is 1. The van der Waals surface area contributed by atoms with Crippen LogP contribution >= 0.6 is 0 Å². The van der Waals surface area contributed by atoms with Gasteiger partial charge in [0.1, 0.15) is 0 Å². The summed E-state index contributed by atoms with van der Waals surface area (Å²) in [4.78, 5) is 6.49. The first kappa shape index (κ1) is 9.66. The molecule has 76 valence electrons. The lowest BCUT2D eigenvalue weighted by Crippen LogP contribution is -2.21. The van der Waals surface area contributed by atoms with E-state index in [9.17, 15) is 0 Å². The number of hydrogen-bond acceptors (Lipinski definition) is 2. The van der Waals surface area contributed by atoms with Gasteiger partial charge in [0.2, 0.25) is 0 Å². The number of hydrogen-bond donors (Lipinski definition) is 0. The molecule has 0 spiro atoms. The zero-order valence-corrected chi connectivity index (χ0v) is 8.98. The van der Waals surface area contributed by atoms with Crippen LogP contribution < -0.4 is 0 Å². The van der Waals surface area contributed by atoms with Crippen LogP contribution in [0, 0.1) is 5.92 Å². The zero-order chi connectivity index (χ0) is 9.97. The molecule has 1 aliphatic rings. The fourth-order valence-electron chi connectivity index (χ4n) is 2.32. The highest BCUT2D eigenvalue weighted by molar-refractivity contribution is 5.11. The maximum Gasteiger partial charge on any atom is 0.0270 e. The quantitative estimate of drug-likeness (QED) is 0.708. The van der Waals surface area contributed by atoms with Crippen molar-refractivity contribution in [3.8, 4) is 0 Å². The number of likely N-dealkylation sites (tertiary alicyclic amines) is 1. The Kier molecular flexibility index (Phi) is 2.82. The number of rotatable bonds is 2. The van der Waals surface area contributed by atoms with E-state index >= 15 is 0 Å². The highest BCUT2D eigenvalue weighted by Gasteiger charge is 2.25. The van der Waals surface area contributed by atoms with Crippen LogP contribution in [0.2, 0.25) is 0 Å². The Morgan fingerprint density at radius 2 is 2.14 bits per heavy atom. The van der Waals surface area contributed by atoms with E-state index < -0.39 is 0 Å². The van der Waals surface area contributed by atoms with Gasteiger partial charge in [-0.1, -0.05) is 0 Å². The smallest absolute Gasteiger partial charge is 0.0270 e. The van der Waals surface area contributed by atoms with Crippen LogP contribution in [-0.2, 0) is 6.42 Å². The molecule has 1 saturated heterocycles. The first-order chi connectivity index (χ1) is 6.75. The van der Waals surface area contributed by atoms with Crippen LogP contribution in [0.5, 0.6) is 0 Å². The minimum absolute atomic E-state index is 0.752. The fourth-order valence-corrected chi connectivity index (χ4v) is 2.32. The third-order valence-corrected chi connectivity index (χ3v) is 3.25. The summed E-state index contributed by atoms with van der Waals surface area (Å²) in [5, 5.41) is 0. The summed E-state index contributed by atoms with van der Waals surface area (Å²) in [6.45, 7) is 3.55. The lowest BCUT2D eigenvalue weighted by atomic mass is 9.98. The third kappa shape index (κ3) is 2.13. The van der Waals surface area contributed by atoms with Crippen LogP contribution in [0.3, 0.4) is 0 Å². The van der Waals surface area contributed by atoms with Crippen molar-refractivity contribution in [3.05, 3.63) is 30.1 Å². The van der Waals surface area contributed by atoms with E-state index in [4.69, 9.17) is 0 Å². The van der Waals surface area contributed by atoms with Gasteiger partial charge in [-0.15, -0.1) is 0 Å². The monoisotopic (exact) mass is 190 g/mol. The lowest BCUT2D eigenvalue weighted by Gasteiger charge is -2.12. The van der Waals surface area contributed by atoms with Crippen molar-refractivity contribution >= 4 is 0 Å². The molecule has 1 aromatic heterocycles. The molecule has 14 heavy (non-hydrogen) atoms. The molecular formula is C12H18N2. The maximum atomic E-state index is 4.04. The molecule has 2 unspecified atom stereocenters. The Labute approximate surface area is 86.0 Å². The van der Waals surface area contributed by atoms with Gasteiger partial charge >= 0.3 is 0 Å². The molecule has 1 aliphatic heterocycles. The van der Waals surface area contributed by atoms with E-state index in [0.717, 1.165) is 12.0 Å². The molecule has 1 fully saturated rings. The normalized spacial score (nSPS) is 28.1. The molecule has 0 bridgehead atoms. The number of nitrogens with zero attached hydrogens (tertiary/aromatic N) is 2. The maximum absolute atomic E-state index is 4.04. The van der Waals surface area contributed by atoms with Crippen LogP contribution in [0.15, 0.2) is 24.5 Å². The molecule has 1 aromatic rings. The van der Waals surface area contributed by atoms with Gasteiger partial charge in [0.25, 0.3) is 0 Å². The standard InChI is InChI=1S/C12H18N2/c1-10-7-12(9-14(10)2)8-11-3-5-13-6-4-11/h3-6,10,12H,7-9H2,1-2H3. The van der Waals surface area contributed by atoms with Crippen LogP contribution in [-0.4, -0.2) is 29.5 Å². The molecule has 0 aliphatic carbocycles. The van der Waals surface area contributed by atoms with Crippen LogP contribution in [0.1, 0.15) is 18.9 Å². The molecule has 0 N–H and O–H groups in total. The fraction of sp³-hybridized carbons (Fsp3) is 0.583. The summed E-state index contributed by atoms with van der Waals surface area (Å²) in [5.41, 5.74) is 1.42. The molecule has 2 nitrogen and oxygen atoms in total. The summed E-state index contributed by atoms with van der Waals surface area (Å²) in [6.07, 6.45) is 6.31. The summed E-state index contributed by atoms with van der Waals surface area (Å²) < 4.78 is 0. The predicted molar refractivity (Wildman–Crippen MR) is 58.1 cm³/mol. The SMILES string of the molecule is CC1CC(Cc2ccncc2)CN1C. The van der Waals surface area contributed by atoms with Gasteiger partial charge in [-0.3, -0.25) is 4.98 Å². The minimum Gasteiger partial charge on any atom is -0.303 e. The predicted octanol–water partition coefficient (Wildman–Crippen LogP) is 1.96. The molecule has 2 heterocycles. The van der Waals surface area contributed by atoms with Gasteiger partial charge < -0.3 is 4.90 Å². The second kappa shape index (κ2) is 4.09. The van der Waals surface area contributed by atoms with Crippen LogP contribution in [0.25, 0.3) is 0 Å². The van der Waals surface area contributed by atoms with E-state index in [2.05, 4.69) is 36.0 Å². The average molecular weight is 190 g/mol. The van der Waals surface area contributed by atoms with Gasteiger partial charge in [-0.2, -0.15) is 0 Å². The molecule has 0 aromatic carbocycles. The molecule has 2 rings (SSSR count). The zero-order valence-electron chi connectivity index (χ0n) is 8.98. The van der Waals surface area contributed by atoms with E-state index in [-0.39, 0.29) is 0 Å². The summed E-state index contributed by atoms with van der Waals surface area (Å²) in [6, 6.07) is 5.01. The van der Waals surface area contributed by atoms with Crippen molar-refractivity contribution in [2.24, 2.45) is 5.92 Å². The van der Waals surface area contributed by atoms with E-state index in [1.165, 1.54) is 24.9 Å². The highest BCUT2D eigenvalue weighted by atomic mass is 15.1. The average Bonchev–Trinajstić information content (AvgIpc) is 2.47. The Morgan fingerprint density at radius 3 is 2.71 bits per heavy atom. The Bertz CT molecular complexity index is 274. The van der Waals surface area contributed by atoms with Gasteiger partial charge in [0, 0.05) is 25.0 Å². The van der Waals surface area contributed by atoms with Crippen molar-refractivity contribution in [1.29, 1.82) is 0 Å². The van der Waals surface area contributed by atoms with Gasteiger partial charge in [-0.25, -0.2) is 0 Å². The second-order valence-electron chi connectivity index (χ2n) is 4.45. The summed E-state index contributed by atoms with van der Waals surface area (Å²) in [5.74, 6) is 0.831. The van der Waals surface area contributed by atoms with Crippen molar-refractivity contribution in [2.75, 3.05) is 13.6 Å². The first-order valence-corrected chi connectivity index (χ1v) is 5.35. The largest absolute Gasteiger partial charge is 0.303 e. The molecule has 0 saturated carbocycles. The Morgan fingerprint density at radius 1 is 1.43 bits per heavy atom. The Balaban J connectivity index is 1.94. The minimum atomic E-state index is 0.752. The molecule has 2 atom stereocenters. The number of pyridine rings is 1.